The lowest BCUT2D eigenvalue weighted by Gasteiger charge is -2.37. The molecular weight excluding hydrogens is 1050 g/mol. The Morgan fingerprint density at radius 1 is 0.494 bits per heavy atom. The molecule has 4 aromatic carbocycles. The molecule has 4 aromatic rings. The van der Waals surface area contributed by atoms with Crippen LogP contribution in [-0.4, -0.2) is 53.5 Å². The largest absolute Gasteiger partial charge is 0.456 e. The Balaban J connectivity index is 0.000000343. The van der Waals surface area contributed by atoms with Crippen molar-refractivity contribution in [2.75, 3.05) is 0 Å². The van der Waals surface area contributed by atoms with E-state index in [0.717, 1.165) is 86.5 Å². The summed E-state index contributed by atoms with van der Waals surface area (Å²) in [5, 5.41) is 0. The Bertz CT molecular complexity index is 2880. The van der Waals surface area contributed by atoms with E-state index in [0.29, 0.717) is 28.2 Å². The highest BCUT2D eigenvalue weighted by Crippen LogP contribution is 2.41. The van der Waals surface area contributed by atoms with Crippen molar-refractivity contribution in [2.45, 2.75) is 156 Å². The summed E-state index contributed by atoms with van der Waals surface area (Å²) in [4.78, 5) is 77.0. The van der Waals surface area contributed by atoms with Crippen molar-refractivity contribution < 1.29 is 66.7 Å². The van der Waals surface area contributed by atoms with Gasteiger partial charge in [0.25, 0.3) is 0 Å². The van der Waals surface area contributed by atoms with Gasteiger partial charge in [0.1, 0.15) is 28.8 Å². The minimum absolute atomic E-state index is 0.0250. The molecule has 14 nitrogen and oxygen atoms in total. The first-order valence-corrected chi connectivity index (χ1v) is 27.7. The molecule has 83 heavy (non-hydrogen) atoms. The van der Waals surface area contributed by atoms with Crippen molar-refractivity contribution in [3.05, 3.63) is 188 Å². The maximum absolute atomic E-state index is 11.9. The molecule has 0 aromatic heterocycles. The van der Waals surface area contributed by atoms with E-state index in [1.54, 1.807) is 81.5 Å². The maximum atomic E-state index is 11.9. The van der Waals surface area contributed by atoms with Gasteiger partial charge >= 0.3 is 41.8 Å². The molecule has 1 atom stereocenters. The summed E-state index contributed by atoms with van der Waals surface area (Å²) in [7, 11) is 0. The van der Waals surface area contributed by atoms with E-state index in [-0.39, 0.29) is 53.1 Å². The van der Waals surface area contributed by atoms with Gasteiger partial charge in [0.2, 0.25) is 0 Å². The third kappa shape index (κ3) is 27.6. The van der Waals surface area contributed by atoms with E-state index in [2.05, 4.69) is 64.6 Å². The molecule has 0 spiro atoms. The van der Waals surface area contributed by atoms with Crippen molar-refractivity contribution in [1.82, 2.24) is 0 Å². The number of hydrogen-bond donors (Lipinski definition) is 0. The second-order valence-electron chi connectivity index (χ2n) is 19.9. The zero-order valence-corrected chi connectivity index (χ0v) is 49.9. The van der Waals surface area contributed by atoms with Gasteiger partial charge in [-0.25, -0.2) is 14.4 Å². The van der Waals surface area contributed by atoms with Crippen molar-refractivity contribution >= 4 is 60.0 Å². The Kier molecular flexibility index (Phi) is 31.7. The summed E-state index contributed by atoms with van der Waals surface area (Å²) in [5.41, 5.74) is 4.65. The fourth-order valence-corrected chi connectivity index (χ4v) is 8.36. The van der Waals surface area contributed by atoms with Gasteiger partial charge in [-0.15, -0.1) is 0 Å². The number of benzene rings is 4. The summed E-state index contributed by atoms with van der Waals surface area (Å²) < 4.78 is 35.9. The molecule has 0 bridgehead atoms. The lowest BCUT2D eigenvalue weighted by Crippen LogP contribution is -2.34. The van der Waals surface area contributed by atoms with Gasteiger partial charge in [-0.1, -0.05) is 138 Å². The third-order valence-electron chi connectivity index (χ3n) is 12.7. The number of hydrogen-bond acceptors (Lipinski definition) is 14. The first kappa shape index (κ1) is 70.5. The summed E-state index contributed by atoms with van der Waals surface area (Å²) in [6.45, 7) is 34.0. The SMILES string of the molecule is C=C(C)C(=O)OC1(CC)CCCC1.C=C(C)C(=O)OC1(c2ccccc2)CCCCC1.C=C(C)C(=O)OC1C=CCCC1.C=Cc1ccc(OC(C)=O)c(OC(C)=O)c1.C=Cc1ccc(OC(C)=O)cc1.C=Cc1cccc(OC(C)=O)c1. The van der Waals surface area contributed by atoms with Gasteiger partial charge in [0, 0.05) is 44.4 Å². The lowest BCUT2D eigenvalue weighted by molar-refractivity contribution is -0.160. The molecule has 2 fully saturated rings. The van der Waals surface area contributed by atoms with Gasteiger partial charge in [-0.2, -0.15) is 0 Å². The number of ether oxygens (including phenoxy) is 7. The molecule has 0 saturated heterocycles. The molecule has 0 amide bonds. The molecule has 7 rings (SSSR count). The summed E-state index contributed by atoms with van der Waals surface area (Å²) in [6.07, 6.45) is 22.7. The van der Waals surface area contributed by atoms with E-state index >= 15 is 0 Å². The van der Waals surface area contributed by atoms with Crippen molar-refractivity contribution in [1.29, 1.82) is 0 Å². The predicted molar refractivity (Wildman–Crippen MR) is 327 cm³/mol. The standard InChI is InChI=1S/C16H20O2.C12H12O4.C11H18O2.C10H14O2.2C10H10O2/c1-13(2)15(17)18-16(11-7-4-8-12-16)14-9-5-3-6-10-14;1-4-10-5-6-11(15-8(2)13)12(7-10)16-9(3)14;1-4-11(7-5-6-8-11)13-10(12)9(2)3;1-8(2)10(11)12-9-6-4-3-5-7-9;1-3-9-4-6-10(7-5-9)12-8(2)11;1-3-9-5-4-6-10(7-9)12-8(2)11/h3,5-6,9-10H,1,4,7-8,11-12H2,2H3;4-7H,1H2,2-3H3;2,4-8H2,1,3H3;4,6,9H,1,3,5,7H2,2H3;2*3-7H,1H2,2H3. The molecule has 1 unspecified atom stereocenters. The number of esters is 7. The van der Waals surface area contributed by atoms with E-state index in [1.165, 1.54) is 47.0 Å². The van der Waals surface area contributed by atoms with E-state index < -0.39 is 17.5 Å². The fourth-order valence-electron chi connectivity index (χ4n) is 8.36. The van der Waals surface area contributed by atoms with E-state index in [9.17, 15) is 33.6 Å². The van der Waals surface area contributed by atoms with Crippen molar-refractivity contribution in [3.63, 3.8) is 0 Å². The van der Waals surface area contributed by atoms with Crippen LogP contribution < -0.4 is 18.9 Å². The monoisotopic (exact) mass is 1140 g/mol. The summed E-state index contributed by atoms with van der Waals surface area (Å²) in [5.74, 6) is -0.815. The molecule has 0 heterocycles. The lowest BCUT2D eigenvalue weighted by atomic mass is 9.79. The van der Waals surface area contributed by atoms with Crippen LogP contribution in [0.3, 0.4) is 0 Å². The first-order chi connectivity index (χ1) is 39.4. The number of allylic oxidation sites excluding steroid dienone is 1. The topological polar surface area (TPSA) is 184 Å². The Hall–Kier alpha value is -8.65. The van der Waals surface area contributed by atoms with Gasteiger partial charge in [0.05, 0.1) is 0 Å². The highest BCUT2D eigenvalue weighted by Gasteiger charge is 2.38. The summed E-state index contributed by atoms with van der Waals surface area (Å²) in [6, 6.07) is 29.3. The van der Waals surface area contributed by atoms with Gasteiger partial charge in [-0.3, -0.25) is 19.2 Å². The van der Waals surface area contributed by atoms with Gasteiger partial charge in [-0.05, 0) is 163 Å². The molecule has 0 N–H and O–H groups in total. The zero-order valence-electron chi connectivity index (χ0n) is 49.9. The van der Waals surface area contributed by atoms with Crippen LogP contribution in [0.15, 0.2) is 165 Å². The van der Waals surface area contributed by atoms with E-state index in [1.807, 2.05) is 48.5 Å². The molecule has 444 valence electrons. The molecule has 2 saturated carbocycles. The van der Waals surface area contributed by atoms with Gasteiger partial charge in [0.15, 0.2) is 11.5 Å². The Morgan fingerprint density at radius 2 is 0.988 bits per heavy atom. The number of carbonyl (C=O) groups excluding carboxylic acids is 7. The minimum atomic E-state index is -0.477. The fraction of sp³-hybridized carbons (Fsp3) is 0.348. The smallest absolute Gasteiger partial charge is 0.333 e. The quantitative estimate of drug-likeness (QED) is 0.0360. The van der Waals surface area contributed by atoms with Crippen LogP contribution in [-0.2, 0) is 53.4 Å². The van der Waals surface area contributed by atoms with Crippen molar-refractivity contribution in [3.8, 4) is 23.0 Å². The molecule has 0 aliphatic heterocycles. The van der Waals surface area contributed by atoms with Crippen LogP contribution in [0.4, 0.5) is 0 Å². The molecule has 3 aliphatic carbocycles. The van der Waals surface area contributed by atoms with Crippen LogP contribution in [0.2, 0.25) is 0 Å². The third-order valence-corrected chi connectivity index (χ3v) is 12.7. The van der Waals surface area contributed by atoms with E-state index in [4.69, 9.17) is 33.2 Å². The van der Waals surface area contributed by atoms with Crippen molar-refractivity contribution in [2.24, 2.45) is 0 Å². The Labute approximate surface area is 491 Å². The molecular formula is C69H84O14. The maximum Gasteiger partial charge on any atom is 0.333 e. The first-order valence-electron chi connectivity index (χ1n) is 27.7. The molecule has 14 heteroatoms. The van der Waals surface area contributed by atoms with Crippen LogP contribution in [0.1, 0.15) is 161 Å². The van der Waals surface area contributed by atoms with Crippen LogP contribution >= 0.6 is 0 Å². The second-order valence-corrected chi connectivity index (χ2v) is 19.9. The van der Waals surface area contributed by atoms with Gasteiger partial charge < -0.3 is 33.2 Å². The highest BCUT2D eigenvalue weighted by atomic mass is 16.6. The average Bonchev–Trinajstić information content (AvgIpc) is 4.11. The van der Waals surface area contributed by atoms with Crippen LogP contribution in [0.5, 0.6) is 23.0 Å². The molecule has 0 radical (unpaired) electrons. The predicted octanol–water partition coefficient (Wildman–Crippen LogP) is 15.7. The van der Waals surface area contributed by atoms with Crippen LogP contribution in [0, 0.1) is 0 Å². The highest BCUT2D eigenvalue weighted by molar-refractivity contribution is 5.88. The Morgan fingerprint density at radius 3 is 1.48 bits per heavy atom. The normalized spacial score (nSPS) is 14.6. The average molecular weight is 1140 g/mol. The minimum Gasteiger partial charge on any atom is -0.456 e. The number of carbonyl (C=O) groups is 7. The number of rotatable bonds is 15. The molecule has 3 aliphatic rings. The summed E-state index contributed by atoms with van der Waals surface area (Å²) >= 11 is 0. The van der Waals surface area contributed by atoms with Crippen LogP contribution in [0.25, 0.3) is 18.2 Å². The second kappa shape index (κ2) is 37.4. The zero-order chi connectivity index (χ0) is 62.0.